The first-order chi connectivity index (χ1) is 19.0. The monoisotopic (exact) mass is 564 g/mol. The summed E-state index contributed by atoms with van der Waals surface area (Å²) in [6.07, 6.45) is -0.524. The zero-order valence-electron chi connectivity index (χ0n) is 23.1. The van der Waals surface area contributed by atoms with Gasteiger partial charge in [0, 0.05) is 19.5 Å². The van der Waals surface area contributed by atoms with Gasteiger partial charge in [-0.25, -0.2) is 13.1 Å². The van der Waals surface area contributed by atoms with Crippen molar-refractivity contribution < 1.29 is 27.8 Å². The number of nitrogens with zero attached hydrogens (tertiary/aromatic N) is 4. The van der Waals surface area contributed by atoms with Crippen molar-refractivity contribution in [2.45, 2.75) is 50.7 Å². The number of sulfonamides is 1. The zero-order chi connectivity index (χ0) is 28.8. The van der Waals surface area contributed by atoms with Crippen LogP contribution in [-0.4, -0.2) is 58.6 Å². The van der Waals surface area contributed by atoms with Crippen LogP contribution in [0.3, 0.4) is 0 Å². The van der Waals surface area contributed by atoms with Crippen LogP contribution in [0.15, 0.2) is 53.4 Å². The average Bonchev–Trinajstić information content (AvgIpc) is 3.24. The fraction of sp³-hybridized carbons (Fsp3) is 0.345. The molecule has 0 bridgehead atoms. The lowest BCUT2D eigenvalue weighted by molar-refractivity contribution is -0.137. The van der Waals surface area contributed by atoms with Gasteiger partial charge in [-0.15, -0.1) is 5.10 Å². The van der Waals surface area contributed by atoms with Crippen LogP contribution in [0.1, 0.15) is 47.1 Å². The van der Waals surface area contributed by atoms with E-state index in [2.05, 4.69) is 10.3 Å². The number of fused-ring (bicyclic) bond motifs is 2. The summed E-state index contributed by atoms with van der Waals surface area (Å²) in [6.45, 7) is 5.96. The van der Waals surface area contributed by atoms with Crippen LogP contribution in [0, 0.1) is 13.8 Å². The topological polar surface area (TPSA) is 124 Å². The molecule has 2 atom stereocenters. The quantitative estimate of drug-likeness (QED) is 0.355. The maximum Gasteiger partial charge on any atom is 0.304 e. The lowest BCUT2D eigenvalue weighted by Gasteiger charge is -2.24. The molecule has 10 nitrogen and oxygen atoms in total. The van der Waals surface area contributed by atoms with Crippen molar-refractivity contribution in [2.24, 2.45) is 7.05 Å². The van der Waals surface area contributed by atoms with Crippen molar-refractivity contribution in [3.63, 3.8) is 0 Å². The van der Waals surface area contributed by atoms with Crippen molar-refractivity contribution in [3.8, 4) is 11.5 Å². The van der Waals surface area contributed by atoms with Crippen LogP contribution in [0.5, 0.6) is 11.5 Å². The lowest BCUT2D eigenvalue weighted by Crippen LogP contribution is -2.35. The summed E-state index contributed by atoms with van der Waals surface area (Å²) >= 11 is 0. The standard InChI is InChI=1S/C29H32N4O6S/c1-17-6-9-27-25(10-17)39-19(3)15-33(40(27,36)37)16-22-11-20(8-7-18(22)2)23(14-28(34)35)21-12-24-29(26(13-21)38-5)32(4)31-30-24/h6-13,19,23H,14-16H2,1-5H3,(H,34,35)/t19-,23+/m1/s1. The molecular formula is C29H32N4O6S. The van der Waals surface area contributed by atoms with E-state index < -0.39 is 21.9 Å². The highest BCUT2D eigenvalue weighted by atomic mass is 32.2. The minimum absolute atomic E-state index is 0.120. The summed E-state index contributed by atoms with van der Waals surface area (Å²) in [6, 6.07) is 14.4. The molecule has 0 unspecified atom stereocenters. The summed E-state index contributed by atoms with van der Waals surface area (Å²) < 4.78 is 42.1. The van der Waals surface area contributed by atoms with Gasteiger partial charge in [-0.3, -0.25) is 4.79 Å². The summed E-state index contributed by atoms with van der Waals surface area (Å²) in [4.78, 5) is 12.1. The Morgan fingerprint density at radius 1 is 1.15 bits per heavy atom. The van der Waals surface area contributed by atoms with Gasteiger partial charge in [-0.1, -0.05) is 29.5 Å². The minimum atomic E-state index is -3.84. The molecule has 3 aromatic carbocycles. The van der Waals surface area contributed by atoms with Gasteiger partial charge in [-0.2, -0.15) is 4.31 Å². The molecule has 0 amide bonds. The molecule has 40 heavy (non-hydrogen) atoms. The summed E-state index contributed by atoms with van der Waals surface area (Å²) in [7, 11) is -0.525. The van der Waals surface area contributed by atoms with E-state index in [0.29, 0.717) is 22.5 Å². The number of aromatic nitrogens is 3. The highest BCUT2D eigenvalue weighted by Crippen LogP contribution is 2.37. The van der Waals surface area contributed by atoms with E-state index in [1.165, 1.54) is 4.31 Å². The second-order valence-corrected chi connectivity index (χ2v) is 12.2. The SMILES string of the molecule is COc1cc([C@@H](CC(=O)O)c2ccc(C)c(CN3C[C@@H](C)Oc4cc(C)ccc4S3(=O)=O)c2)cc2nnn(C)c12. The Morgan fingerprint density at radius 3 is 2.65 bits per heavy atom. The van der Waals surface area contributed by atoms with E-state index >= 15 is 0 Å². The first-order valence-corrected chi connectivity index (χ1v) is 14.4. The molecule has 0 saturated carbocycles. The number of carboxylic acid groups (broad SMARTS) is 1. The third-order valence-electron chi connectivity index (χ3n) is 7.32. The van der Waals surface area contributed by atoms with Gasteiger partial charge >= 0.3 is 5.97 Å². The van der Waals surface area contributed by atoms with Crippen LogP contribution >= 0.6 is 0 Å². The van der Waals surface area contributed by atoms with Crippen LogP contribution in [-0.2, 0) is 28.4 Å². The Kier molecular flexibility index (Phi) is 7.28. The number of hydrogen-bond donors (Lipinski definition) is 1. The smallest absolute Gasteiger partial charge is 0.304 e. The molecule has 0 fully saturated rings. The maximum absolute atomic E-state index is 13.7. The second-order valence-electron chi connectivity index (χ2n) is 10.3. The number of methoxy groups -OCH3 is 1. The van der Waals surface area contributed by atoms with Crippen LogP contribution in [0.25, 0.3) is 11.0 Å². The molecule has 2 heterocycles. The number of hydrogen-bond acceptors (Lipinski definition) is 7. The third-order valence-corrected chi connectivity index (χ3v) is 9.17. The van der Waals surface area contributed by atoms with Crippen LogP contribution in [0.4, 0.5) is 0 Å². The van der Waals surface area contributed by atoms with Gasteiger partial charge in [0.25, 0.3) is 0 Å². The normalized spacial score (nSPS) is 17.6. The van der Waals surface area contributed by atoms with Crippen molar-refractivity contribution in [2.75, 3.05) is 13.7 Å². The summed E-state index contributed by atoms with van der Waals surface area (Å²) in [5.74, 6) is -0.584. The van der Waals surface area contributed by atoms with Gasteiger partial charge in [0.05, 0.1) is 20.1 Å². The minimum Gasteiger partial charge on any atom is -0.494 e. The maximum atomic E-state index is 13.7. The molecule has 0 radical (unpaired) electrons. The highest BCUT2D eigenvalue weighted by Gasteiger charge is 2.34. The largest absolute Gasteiger partial charge is 0.494 e. The third kappa shape index (κ3) is 5.14. The highest BCUT2D eigenvalue weighted by molar-refractivity contribution is 7.89. The summed E-state index contributed by atoms with van der Waals surface area (Å²) in [5, 5.41) is 18.1. The van der Waals surface area contributed by atoms with Crippen molar-refractivity contribution >= 4 is 27.0 Å². The number of carboxylic acids is 1. The number of ether oxygens (including phenoxy) is 2. The second kappa shape index (κ2) is 10.5. The number of rotatable bonds is 7. The average molecular weight is 565 g/mol. The van der Waals surface area contributed by atoms with E-state index in [1.54, 1.807) is 37.0 Å². The number of benzene rings is 3. The summed E-state index contributed by atoms with van der Waals surface area (Å²) in [5.41, 5.74) is 5.38. The molecule has 1 aromatic heterocycles. The van der Waals surface area contributed by atoms with Crippen molar-refractivity contribution in [1.82, 2.24) is 19.3 Å². The predicted molar refractivity (Wildman–Crippen MR) is 149 cm³/mol. The fourth-order valence-electron chi connectivity index (χ4n) is 5.25. The van der Waals surface area contributed by atoms with Crippen molar-refractivity contribution in [3.05, 3.63) is 76.3 Å². The van der Waals surface area contributed by atoms with Gasteiger partial charge in [0.15, 0.2) is 0 Å². The Bertz CT molecular complexity index is 1720. The molecular weight excluding hydrogens is 532 g/mol. The molecule has 0 spiro atoms. The van der Waals surface area contributed by atoms with Crippen molar-refractivity contribution in [1.29, 1.82) is 0 Å². The van der Waals surface area contributed by atoms with E-state index in [0.717, 1.165) is 27.8 Å². The molecule has 4 aromatic rings. The molecule has 210 valence electrons. The van der Waals surface area contributed by atoms with E-state index in [4.69, 9.17) is 9.47 Å². The van der Waals surface area contributed by atoms with Crippen LogP contribution in [0.2, 0.25) is 0 Å². The number of carbonyl (C=O) groups is 1. The lowest BCUT2D eigenvalue weighted by atomic mass is 9.86. The Hall–Kier alpha value is -3.96. The molecule has 11 heteroatoms. The van der Waals surface area contributed by atoms with E-state index in [9.17, 15) is 18.3 Å². The fourth-order valence-corrected chi connectivity index (χ4v) is 6.85. The number of aryl methyl sites for hydroxylation is 3. The zero-order valence-corrected chi connectivity index (χ0v) is 23.9. The van der Waals surface area contributed by atoms with E-state index in [1.807, 2.05) is 51.1 Å². The Morgan fingerprint density at radius 2 is 1.93 bits per heavy atom. The molecule has 1 aliphatic rings. The predicted octanol–water partition coefficient (Wildman–Crippen LogP) is 4.17. The molecule has 5 rings (SSSR count). The van der Waals surface area contributed by atoms with Gasteiger partial charge in [0.1, 0.15) is 33.5 Å². The number of aliphatic carboxylic acids is 1. The molecule has 0 aliphatic carbocycles. The Labute approximate surface area is 233 Å². The van der Waals surface area contributed by atoms with E-state index in [-0.39, 0.29) is 30.5 Å². The van der Waals surface area contributed by atoms with Gasteiger partial charge in [-0.05, 0) is 72.9 Å². The molecule has 1 aliphatic heterocycles. The molecule has 0 saturated heterocycles. The van der Waals surface area contributed by atoms with Gasteiger partial charge < -0.3 is 14.6 Å². The Balaban J connectivity index is 1.56. The van der Waals surface area contributed by atoms with Gasteiger partial charge in [0.2, 0.25) is 10.0 Å². The van der Waals surface area contributed by atoms with Crippen LogP contribution < -0.4 is 9.47 Å². The molecule has 1 N–H and O–H groups in total. The first kappa shape index (κ1) is 27.6. The first-order valence-electron chi connectivity index (χ1n) is 12.9.